The van der Waals surface area contributed by atoms with Crippen LogP contribution >= 0.6 is 11.6 Å². The molecule has 1 atom stereocenters. The van der Waals surface area contributed by atoms with E-state index in [1.54, 1.807) is 42.2 Å². The summed E-state index contributed by atoms with van der Waals surface area (Å²) in [7, 11) is 0. The molecule has 0 N–H and O–H groups in total. The number of ether oxygens (including phenoxy) is 1. The van der Waals surface area contributed by atoms with Crippen molar-refractivity contribution in [3.8, 4) is 5.75 Å². The molecule has 0 aliphatic carbocycles. The molecule has 1 aliphatic heterocycles. The zero-order valence-electron chi connectivity index (χ0n) is 12.3. The highest BCUT2D eigenvalue weighted by molar-refractivity contribution is 6.31. The number of aromatic carboxylic acids is 1. The summed E-state index contributed by atoms with van der Waals surface area (Å²) in [5, 5.41) is 11.3. The molecule has 2 aromatic carbocycles. The van der Waals surface area contributed by atoms with Gasteiger partial charge < -0.3 is 19.5 Å². The van der Waals surface area contributed by atoms with E-state index in [4.69, 9.17) is 16.3 Å². The van der Waals surface area contributed by atoms with Crippen LogP contribution in [-0.4, -0.2) is 18.0 Å². The van der Waals surface area contributed by atoms with Gasteiger partial charge in [-0.3, -0.25) is 4.79 Å². The summed E-state index contributed by atoms with van der Waals surface area (Å²) in [5.41, 5.74) is 1.49. The molecule has 0 aromatic heterocycles. The lowest BCUT2D eigenvalue weighted by molar-refractivity contribution is -0.255. The number of halogens is 1. The Bertz CT molecular complexity index is 773. The number of amides is 1. The van der Waals surface area contributed by atoms with Gasteiger partial charge in [-0.05, 0) is 36.2 Å². The maximum Gasteiger partial charge on any atom is 0.268 e. The van der Waals surface area contributed by atoms with Crippen molar-refractivity contribution in [2.45, 2.75) is 19.6 Å². The zero-order valence-corrected chi connectivity index (χ0v) is 13.0. The van der Waals surface area contributed by atoms with Gasteiger partial charge >= 0.3 is 0 Å². The molecule has 1 heterocycles. The quantitative estimate of drug-likeness (QED) is 0.863. The Kier molecular flexibility index (Phi) is 3.96. The van der Waals surface area contributed by atoms with Crippen molar-refractivity contribution in [1.29, 1.82) is 0 Å². The molecule has 2 aromatic rings. The third-order valence-corrected chi connectivity index (χ3v) is 3.89. The standard InChI is InChI=1S/C17H14ClNO4/c1-10-16(20)19(14-8-13(18)6-7-15(14)23-10)9-11-2-4-12(5-3-11)17(21)22/h2-8,10H,9H2,1H3,(H,21,22)/p-1/t10-/m0/s1. The van der Waals surface area contributed by atoms with Crippen LogP contribution in [0.5, 0.6) is 5.75 Å². The second-order valence-electron chi connectivity index (χ2n) is 5.28. The van der Waals surface area contributed by atoms with E-state index < -0.39 is 12.1 Å². The smallest absolute Gasteiger partial charge is 0.268 e. The van der Waals surface area contributed by atoms with Gasteiger partial charge in [0.15, 0.2) is 6.10 Å². The topological polar surface area (TPSA) is 69.7 Å². The fourth-order valence-electron chi connectivity index (χ4n) is 2.47. The molecule has 6 heteroatoms. The number of nitrogens with zero attached hydrogens (tertiary/aromatic N) is 1. The number of carboxylic acid groups (broad SMARTS) is 1. The van der Waals surface area contributed by atoms with Crippen LogP contribution in [0.1, 0.15) is 22.8 Å². The number of carbonyl (C=O) groups is 2. The van der Waals surface area contributed by atoms with E-state index in [9.17, 15) is 14.7 Å². The predicted molar refractivity (Wildman–Crippen MR) is 83.5 cm³/mol. The van der Waals surface area contributed by atoms with E-state index in [2.05, 4.69) is 0 Å². The third kappa shape index (κ3) is 3.00. The molecule has 118 valence electrons. The van der Waals surface area contributed by atoms with Crippen molar-refractivity contribution in [1.82, 2.24) is 0 Å². The lowest BCUT2D eigenvalue weighted by Gasteiger charge is -2.33. The lowest BCUT2D eigenvalue weighted by Crippen LogP contribution is -2.44. The molecule has 5 nitrogen and oxygen atoms in total. The Hall–Kier alpha value is -2.53. The van der Waals surface area contributed by atoms with Crippen LogP contribution in [0.2, 0.25) is 5.02 Å². The molecule has 0 saturated carbocycles. The van der Waals surface area contributed by atoms with Gasteiger partial charge in [0.25, 0.3) is 5.91 Å². The second-order valence-corrected chi connectivity index (χ2v) is 5.72. The maximum atomic E-state index is 12.4. The van der Waals surface area contributed by atoms with Gasteiger partial charge in [-0.15, -0.1) is 0 Å². The number of rotatable bonds is 3. The molecule has 0 fully saturated rings. The van der Waals surface area contributed by atoms with Gasteiger partial charge in [-0.1, -0.05) is 35.9 Å². The molecular weight excluding hydrogens is 318 g/mol. The largest absolute Gasteiger partial charge is 0.545 e. The molecule has 0 unspecified atom stereocenters. The highest BCUT2D eigenvalue weighted by Crippen LogP contribution is 2.37. The highest BCUT2D eigenvalue weighted by Gasteiger charge is 2.31. The first kappa shape index (κ1) is 15.4. The lowest BCUT2D eigenvalue weighted by atomic mass is 10.1. The summed E-state index contributed by atoms with van der Waals surface area (Å²) < 4.78 is 5.58. The predicted octanol–water partition coefficient (Wildman–Crippen LogP) is 2.02. The average Bonchev–Trinajstić information content (AvgIpc) is 2.53. The van der Waals surface area contributed by atoms with Crippen LogP contribution in [0.25, 0.3) is 0 Å². The molecular formula is C17H13ClNO4-. The van der Waals surface area contributed by atoms with E-state index in [0.717, 1.165) is 5.56 Å². The number of hydrogen-bond acceptors (Lipinski definition) is 4. The number of hydrogen-bond donors (Lipinski definition) is 0. The Morgan fingerprint density at radius 2 is 1.96 bits per heavy atom. The Balaban J connectivity index is 1.93. The van der Waals surface area contributed by atoms with Crippen molar-refractivity contribution < 1.29 is 19.4 Å². The first-order chi connectivity index (χ1) is 11.0. The SMILES string of the molecule is C[C@@H]1Oc2ccc(Cl)cc2N(Cc2ccc(C(=O)[O-])cc2)C1=O. The fourth-order valence-corrected chi connectivity index (χ4v) is 2.64. The summed E-state index contributed by atoms with van der Waals surface area (Å²) in [6.07, 6.45) is -0.592. The molecule has 0 radical (unpaired) electrons. The van der Waals surface area contributed by atoms with Gasteiger partial charge in [0.1, 0.15) is 5.75 Å². The third-order valence-electron chi connectivity index (χ3n) is 3.66. The van der Waals surface area contributed by atoms with E-state index >= 15 is 0 Å². The first-order valence-electron chi connectivity index (χ1n) is 7.03. The average molecular weight is 331 g/mol. The van der Waals surface area contributed by atoms with Crippen LogP contribution in [0, 0.1) is 0 Å². The molecule has 1 amide bonds. The summed E-state index contributed by atoms with van der Waals surface area (Å²) in [6.45, 7) is 1.99. The first-order valence-corrected chi connectivity index (χ1v) is 7.41. The summed E-state index contributed by atoms with van der Waals surface area (Å²) in [6, 6.07) is 11.3. The van der Waals surface area contributed by atoms with Crippen molar-refractivity contribution in [3.05, 3.63) is 58.6 Å². The summed E-state index contributed by atoms with van der Waals surface area (Å²) in [4.78, 5) is 24.8. The van der Waals surface area contributed by atoms with Crippen molar-refractivity contribution in [2.75, 3.05) is 4.90 Å². The van der Waals surface area contributed by atoms with Crippen molar-refractivity contribution in [3.63, 3.8) is 0 Å². The number of fused-ring (bicyclic) bond motifs is 1. The second kappa shape index (κ2) is 5.93. The number of carboxylic acids is 1. The van der Waals surface area contributed by atoms with E-state index in [1.165, 1.54) is 12.1 Å². The molecule has 23 heavy (non-hydrogen) atoms. The van der Waals surface area contributed by atoms with Crippen LogP contribution in [0.4, 0.5) is 5.69 Å². The Morgan fingerprint density at radius 3 is 2.61 bits per heavy atom. The molecule has 0 bridgehead atoms. The van der Waals surface area contributed by atoms with Crippen molar-refractivity contribution >= 4 is 29.2 Å². The zero-order chi connectivity index (χ0) is 16.6. The van der Waals surface area contributed by atoms with Gasteiger partial charge in [0.2, 0.25) is 0 Å². The van der Waals surface area contributed by atoms with E-state index in [1.807, 2.05) is 0 Å². The summed E-state index contributed by atoms with van der Waals surface area (Å²) in [5.74, 6) is -0.818. The van der Waals surface area contributed by atoms with Gasteiger partial charge in [-0.25, -0.2) is 0 Å². The monoisotopic (exact) mass is 330 g/mol. The van der Waals surface area contributed by atoms with Crippen molar-refractivity contribution in [2.24, 2.45) is 0 Å². The Labute approximate surface area is 138 Å². The van der Waals surface area contributed by atoms with Crippen LogP contribution < -0.4 is 14.7 Å². The van der Waals surface area contributed by atoms with Crippen LogP contribution in [0.3, 0.4) is 0 Å². The minimum Gasteiger partial charge on any atom is -0.545 e. The number of benzene rings is 2. The summed E-state index contributed by atoms with van der Waals surface area (Å²) >= 11 is 6.02. The van der Waals surface area contributed by atoms with Gasteiger partial charge in [0.05, 0.1) is 18.2 Å². The number of anilines is 1. The molecule has 0 spiro atoms. The number of carbonyl (C=O) groups excluding carboxylic acids is 2. The van der Waals surface area contributed by atoms with Crippen LogP contribution in [-0.2, 0) is 11.3 Å². The van der Waals surface area contributed by atoms with Gasteiger partial charge in [0, 0.05) is 5.02 Å². The molecule has 0 saturated heterocycles. The molecule has 1 aliphatic rings. The minimum absolute atomic E-state index is 0.0962. The van der Waals surface area contributed by atoms with E-state index in [0.29, 0.717) is 23.0 Å². The minimum atomic E-state index is -1.23. The Morgan fingerprint density at radius 1 is 1.26 bits per heavy atom. The van der Waals surface area contributed by atoms with E-state index in [-0.39, 0.29) is 11.5 Å². The fraction of sp³-hybridized carbons (Fsp3) is 0.176. The van der Waals surface area contributed by atoms with Crippen LogP contribution in [0.15, 0.2) is 42.5 Å². The van der Waals surface area contributed by atoms with Gasteiger partial charge in [-0.2, -0.15) is 0 Å². The molecule has 3 rings (SSSR count). The maximum absolute atomic E-state index is 12.4. The highest BCUT2D eigenvalue weighted by atomic mass is 35.5. The normalized spacial score (nSPS) is 16.7.